The number of hydrogen-bond donors (Lipinski definition) is 4. The highest BCUT2D eigenvalue weighted by Gasteiger charge is 2.30. The van der Waals surface area contributed by atoms with Gasteiger partial charge in [0.05, 0.1) is 29.0 Å². The van der Waals surface area contributed by atoms with Gasteiger partial charge in [-0.15, -0.1) is 0 Å². The van der Waals surface area contributed by atoms with E-state index in [0.717, 1.165) is 24.0 Å². The summed E-state index contributed by atoms with van der Waals surface area (Å²) in [5, 5.41) is 24.8. The number of aromatic nitrogens is 7. The second-order valence-electron chi connectivity index (χ2n) is 8.82. The molecular formula is C25H19FN8OS. The molecular weight excluding hydrogens is 479 g/mol. The molecule has 1 saturated carbocycles. The lowest BCUT2D eigenvalue weighted by Gasteiger charge is -2.13. The van der Waals surface area contributed by atoms with Crippen molar-refractivity contribution in [3.05, 3.63) is 59.6 Å². The first kappa shape index (κ1) is 21.1. The number of anilines is 1. The Kier molecular flexibility index (Phi) is 4.79. The third kappa shape index (κ3) is 3.51. The van der Waals surface area contributed by atoms with Gasteiger partial charge in [0.15, 0.2) is 17.3 Å². The molecule has 6 aromatic heterocycles. The van der Waals surface area contributed by atoms with Crippen LogP contribution in [0, 0.1) is 11.7 Å². The number of nitrogens with zero attached hydrogens (tertiary/aromatic N) is 5. The summed E-state index contributed by atoms with van der Waals surface area (Å²) in [5.74, 6) is 0.111. The number of thiophene rings is 1. The minimum Gasteiger partial charge on any atom is -0.374 e. The molecule has 1 unspecified atom stereocenters. The van der Waals surface area contributed by atoms with Gasteiger partial charge in [-0.2, -0.15) is 16.4 Å². The Bertz CT molecular complexity index is 1720. The monoisotopic (exact) mass is 498 g/mol. The highest BCUT2D eigenvalue weighted by molar-refractivity contribution is 7.08. The largest absolute Gasteiger partial charge is 0.374 e. The van der Waals surface area contributed by atoms with E-state index in [1.54, 1.807) is 42.2 Å². The fraction of sp³-hybridized carbons (Fsp3) is 0.160. The van der Waals surface area contributed by atoms with E-state index in [0.29, 0.717) is 39.4 Å². The average molecular weight is 499 g/mol. The molecule has 0 radical (unpaired) electrons. The van der Waals surface area contributed by atoms with Gasteiger partial charge in [-0.05, 0) is 47.4 Å². The molecule has 1 aliphatic carbocycles. The Morgan fingerprint density at radius 2 is 2.03 bits per heavy atom. The molecule has 0 spiro atoms. The Morgan fingerprint density at radius 1 is 1.11 bits per heavy atom. The first-order chi connectivity index (χ1) is 17.7. The van der Waals surface area contributed by atoms with Gasteiger partial charge in [0, 0.05) is 29.4 Å². The van der Waals surface area contributed by atoms with Crippen molar-refractivity contribution in [1.29, 1.82) is 0 Å². The SMILES string of the molecule is OC(Nc1cncc(-c2ncc3[nH]nc(-c4nc5c(-c6ccsc6)ccnc5[nH]4)c3c2F)c1)C1CC1. The van der Waals surface area contributed by atoms with Crippen LogP contribution in [-0.4, -0.2) is 46.5 Å². The van der Waals surface area contributed by atoms with E-state index in [-0.39, 0.29) is 17.0 Å². The summed E-state index contributed by atoms with van der Waals surface area (Å²) in [6.07, 6.45) is 7.74. The summed E-state index contributed by atoms with van der Waals surface area (Å²) in [6, 6.07) is 5.66. The first-order valence-corrected chi connectivity index (χ1v) is 12.4. The zero-order chi connectivity index (χ0) is 24.2. The van der Waals surface area contributed by atoms with Crippen LogP contribution in [0.5, 0.6) is 0 Å². The summed E-state index contributed by atoms with van der Waals surface area (Å²) in [6.45, 7) is 0. The summed E-state index contributed by atoms with van der Waals surface area (Å²) >= 11 is 1.60. The van der Waals surface area contributed by atoms with Crippen molar-refractivity contribution in [2.75, 3.05) is 5.32 Å². The van der Waals surface area contributed by atoms with Crippen LogP contribution in [-0.2, 0) is 0 Å². The van der Waals surface area contributed by atoms with Gasteiger partial charge in [-0.25, -0.2) is 14.4 Å². The summed E-state index contributed by atoms with van der Waals surface area (Å²) in [7, 11) is 0. The van der Waals surface area contributed by atoms with E-state index in [4.69, 9.17) is 4.98 Å². The van der Waals surface area contributed by atoms with Crippen LogP contribution >= 0.6 is 11.3 Å². The third-order valence-electron chi connectivity index (χ3n) is 6.38. The predicted octanol–water partition coefficient (Wildman–Crippen LogP) is 4.97. The maximum absolute atomic E-state index is 15.9. The maximum Gasteiger partial charge on any atom is 0.161 e. The molecule has 0 amide bonds. The first-order valence-electron chi connectivity index (χ1n) is 11.5. The number of halogens is 1. The standard InChI is InChI=1S/C25H19FN8OS/c26-19-18-17(10-29-20(19)14-7-15(9-27-8-14)30-25(35)12-1-2-12)33-34-22(18)24-31-21-16(13-4-6-36-11-13)3-5-28-23(21)32-24/h3-12,25,30,35H,1-2H2,(H,33,34)(H,28,31,32). The number of rotatable bonds is 6. The highest BCUT2D eigenvalue weighted by atomic mass is 32.1. The topological polar surface area (TPSA) is 128 Å². The van der Waals surface area contributed by atoms with Crippen LogP contribution in [0.15, 0.2) is 53.7 Å². The molecule has 0 saturated heterocycles. The predicted molar refractivity (Wildman–Crippen MR) is 136 cm³/mol. The molecule has 6 heterocycles. The number of aromatic amines is 2. The fourth-order valence-corrected chi connectivity index (χ4v) is 5.03. The molecule has 7 rings (SSSR count). The van der Waals surface area contributed by atoms with Crippen molar-refractivity contribution in [3.63, 3.8) is 0 Å². The van der Waals surface area contributed by atoms with Crippen LogP contribution in [0.25, 0.3) is 56.0 Å². The molecule has 1 fully saturated rings. The van der Waals surface area contributed by atoms with Crippen LogP contribution in [0.4, 0.5) is 10.1 Å². The molecule has 11 heteroatoms. The van der Waals surface area contributed by atoms with Crippen molar-refractivity contribution in [2.24, 2.45) is 5.92 Å². The Morgan fingerprint density at radius 3 is 2.86 bits per heavy atom. The number of nitrogens with one attached hydrogen (secondary N) is 3. The lowest BCUT2D eigenvalue weighted by molar-refractivity contribution is 0.180. The molecule has 1 atom stereocenters. The van der Waals surface area contributed by atoms with Crippen LogP contribution in [0.3, 0.4) is 0 Å². The number of pyridine rings is 3. The van der Waals surface area contributed by atoms with Gasteiger partial charge < -0.3 is 15.4 Å². The van der Waals surface area contributed by atoms with Crippen molar-refractivity contribution >= 4 is 39.1 Å². The molecule has 4 N–H and O–H groups in total. The van der Waals surface area contributed by atoms with Gasteiger partial charge >= 0.3 is 0 Å². The number of aliphatic hydroxyl groups is 1. The normalized spacial score (nSPS) is 14.5. The fourth-order valence-electron chi connectivity index (χ4n) is 4.37. The number of H-pyrrole nitrogens is 2. The Balaban J connectivity index is 1.32. The molecule has 36 heavy (non-hydrogen) atoms. The summed E-state index contributed by atoms with van der Waals surface area (Å²) < 4.78 is 15.9. The number of imidazole rings is 1. The molecule has 0 aromatic carbocycles. The van der Waals surface area contributed by atoms with E-state index in [2.05, 4.69) is 35.5 Å². The lowest BCUT2D eigenvalue weighted by Crippen LogP contribution is -2.20. The second kappa shape index (κ2) is 8.18. The van der Waals surface area contributed by atoms with Crippen LogP contribution < -0.4 is 5.32 Å². The minimum atomic E-state index is -0.650. The van der Waals surface area contributed by atoms with Crippen LogP contribution in [0.2, 0.25) is 0 Å². The molecule has 1 aliphatic rings. The Hall–Kier alpha value is -4.22. The van der Waals surface area contributed by atoms with Gasteiger partial charge in [0.1, 0.15) is 23.1 Å². The summed E-state index contributed by atoms with van der Waals surface area (Å²) in [4.78, 5) is 20.9. The van der Waals surface area contributed by atoms with Gasteiger partial charge in [0.25, 0.3) is 0 Å². The van der Waals surface area contributed by atoms with Crippen molar-refractivity contribution in [3.8, 4) is 33.9 Å². The van der Waals surface area contributed by atoms with Gasteiger partial charge in [-0.3, -0.25) is 15.1 Å². The Labute approximate surface area is 207 Å². The average Bonchev–Trinajstić information content (AvgIpc) is 3.27. The van der Waals surface area contributed by atoms with Gasteiger partial charge in [-0.1, -0.05) is 0 Å². The lowest BCUT2D eigenvalue weighted by atomic mass is 10.1. The van der Waals surface area contributed by atoms with E-state index in [9.17, 15) is 5.11 Å². The molecule has 0 aliphatic heterocycles. The third-order valence-corrected chi connectivity index (χ3v) is 7.06. The van der Waals surface area contributed by atoms with Gasteiger partial charge in [0.2, 0.25) is 0 Å². The van der Waals surface area contributed by atoms with Crippen molar-refractivity contribution in [1.82, 2.24) is 35.1 Å². The van der Waals surface area contributed by atoms with Crippen LogP contribution in [0.1, 0.15) is 12.8 Å². The number of hydrogen-bond acceptors (Lipinski definition) is 8. The molecule has 0 bridgehead atoms. The van der Waals surface area contributed by atoms with E-state index >= 15 is 4.39 Å². The zero-order valence-electron chi connectivity index (χ0n) is 18.7. The number of fused-ring (bicyclic) bond motifs is 2. The van der Waals surface area contributed by atoms with Crippen molar-refractivity contribution in [2.45, 2.75) is 19.1 Å². The second-order valence-corrected chi connectivity index (χ2v) is 9.60. The highest BCUT2D eigenvalue weighted by Crippen LogP contribution is 2.36. The van der Waals surface area contributed by atoms with E-state index < -0.39 is 12.0 Å². The molecule has 178 valence electrons. The maximum atomic E-state index is 15.9. The summed E-state index contributed by atoms with van der Waals surface area (Å²) in [5.41, 5.74) is 5.28. The minimum absolute atomic E-state index is 0.135. The quantitative estimate of drug-likeness (QED) is 0.239. The number of aliphatic hydroxyl groups excluding tert-OH is 1. The molecule has 9 nitrogen and oxygen atoms in total. The smallest absolute Gasteiger partial charge is 0.161 e. The van der Waals surface area contributed by atoms with E-state index in [1.807, 2.05) is 22.9 Å². The van der Waals surface area contributed by atoms with E-state index in [1.165, 1.54) is 0 Å². The molecule has 6 aromatic rings. The van der Waals surface area contributed by atoms with Crippen molar-refractivity contribution < 1.29 is 9.50 Å². The zero-order valence-corrected chi connectivity index (χ0v) is 19.6.